The zero-order valence-electron chi connectivity index (χ0n) is 13.8. The molecule has 25 heavy (non-hydrogen) atoms. The van der Waals surface area contributed by atoms with Crippen LogP contribution in [-0.2, 0) is 0 Å². The van der Waals surface area contributed by atoms with Gasteiger partial charge >= 0.3 is 0 Å². The third-order valence-electron chi connectivity index (χ3n) is 4.89. The Bertz CT molecular complexity index is 918. The normalized spacial score (nSPS) is 20.3. The minimum atomic E-state index is 0.265. The molecule has 7 nitrogen and oxygen atoms in total. The lowest BCUT2D eigenvalue weighted by atomic mass is 9.85. The van der Waals surface area contributed by atoms with Gasteiger partial charge in [-0.15, -0.1) is 0 Å². The summed E-state index contributed by atoms with van der Waals surface area (Å²) in [7, 11) is 0. The van der Waals surface area contributed by atoms with Crippen LogP contribution in [-0.4, -0.2) is 25.6 Å². The maximum atomic E-state index is 8.79. The molecule has 7 heteroatoms. The van der Waals surface area contributed by atoms with Crippen molar-refractivity contribution >= 4 is 11.3 Å². The molecule has 1 aliphatic carbocycles. The number of rotatable bonds is 3. The van der Waals surface area contributed by atoms with Crippen LogP contribution < -0.4 is 11.1 Å². The molecule has 0 spiro atoms. The van der Waals surface area contributed by atoms with E-state index in [0.29, 0.717) is 11.7 Å². The molecule has 0 unspecified atom stereocenters. The molecule has 2 heterocycles. The van der Waals surface area contributed by atoms with Crippen LogP contribution >= 0.6 is 0 Å². The average molecular weight is 333 g/mol. The van der Waals surface area contributed by atoms with E-state index in [9.17, 15) is 0 Å². The van der Waals surface area contributed by atoms with Crippen molar-refractivity contribution in [2.24, 2.45) is 0 Å². The first kappa shape index (κ1) is 15.4. The lowest BCUT2D eigenvalue weighted by Crippen LogP contribution is -2.29. The van der Waals surface area contributed by atoms with Gasteiger partial charge in [0.25, 0.3) is 0 Å². The van der Waals surface area contributed by atoms with Gasteiger partial charge in [-0.3, -0.25) is 0 Å². The summed E-state index contributed by atoms with van der Waals surface area (Å²) in [6.07, 6.45) is 7.37. The summed E-state index contributed by atoms with van der Waals surface area (Å²) < 4.78 is 1.84. The molecule has 126 valence electrons. The van der Waals surface area contributed by atoms with Crippen molar-refractivity contribution in [1.29, 1.82) is 5.26 Å². The number of nitrogen functional groups attached to an aromatic ring is 1. The van der Waals surface area contributed by atoms with Crippen LogP contribution in [0, 0.1) is 11.5 Å². The maximum absolute atomic E-state index is 8.79. The molecule has 3 aromatic rings. The molecule has 0 bridgehead atoms. The fraction of sp³-hybridized carbons (Fsp3) is 0.333. The van der Waals surface area contributed by atoms with Crippen LogP contribution in [0.4, 0.5) is 5.82 Å². The first-order chi connectivity index (χ1) is 12.3. The van der Waals surface area contributed by atoms with Crippen molar-refractivity contribution in [3.8, 4) is 17.5 Å². The van der Waals surface area contributed by atoms with Crippen LogP contribution in [0.15, 0.2) is 36.7 Å². The van der Waals surface area contributed by atoms with Gasteiger partial charge in [-0.25, -0.2) is 14.5 Å². The highest BCUT2D eigenvalue weighted by atomic mass is 15.3. The van der Waals surface area contributed by atoms with Gasteiger partial charge in [0.1, 0.15) is 23.4 Å². The molecular formula is C18H19N7. The molecular weight excluding hydrogens is 314 g/mol. The molecule has 0 aliphatic heterocycles. The maximum Gasteiger partial charge on any atom is 0.176 e. The van der Waals surface area contributed by atoms with E-state index in [1.807, 2.05) is 41.0 Å². The van der Waals surface area contributed by atoms with Gasteiger partial charge in [0, 0.05) is 17.5 Å². The second-order valence-corrected chi connectivity index (χ2v) is 6.40. The van der Waals surface area contributed by atoms with E-state index in [2.05, 4.69) is 15.4 Å². The van der Waals surface area contributed by atoms with Gasteiger partial charge in [-0.05, 0) is 25.7 Å². The van der Waals surface area contributed by atoms with Crippen molar-refractivity contribution < 1.29 is 0 Å². The van der Waals surface area contributed by atoms with E-state index >= 15 is 0 Å². The second kappa shape index (κ2) is 6.40. The van der Waals surface area contributed by atoms with Gasteiger partial charge in [0.15, 0.2) is 12.0 Å². The summed E-state index contributed by atoms with van der Waals surface area (Å²) in [4.78, 5) is 9.06. The Balaban J connectivity index is 1.76. The predicted molar refractivity (Wildman–Crippen MR) is 94.4 cm³/mol. The summed E-state index contributed by atoms with van der Waals surface area (Å²) in [5.41, 5.74) is 8.74. The number of fused-ring (bicyclic) bond motifs is 1. The Hall–Kier alpha value is -3.14. The summed E-state index contributed by atoms with van der Waals surface area (Å²) in [6.45, 7) is 0. The Morgan fingerprint density at radius 1 is 1.16 bits per heavy atom. The fourth-order valence-corrected chi connectivity index (χ4v) is 3.63. The van der Waals surface area contributed by atoms with Gasteiger partial charge < -0.3 is 11.1 Å². The summed E-state index contributed by atoms with van der Waals surface area (Å²) >= 11 is 0. The quantitative estimate of drug-likeness (QED) is 0.563. The Morgan fingerprint density at radius 3 is 2.64 bits per heavy atom. The summed E-state index contributed by atoms with van der Waals surface area (Å²) in [5, 5.41) is 16.1. The minimum absolute atomic E-state index is 0.265. The second-order valence-electron chi connectivity index (χ2n) is 6.40. The first-order valence-corrected chi connectivity index (χ1v) is 8.47. The zero-order chi connectivity index (χ0) is 17.2. The van der Waals surface area contributed by atoms with Crippen molar-refractivity contribution in [2.45, 2.75) is 37.6 Å². The zero-order valence-corrected chi connectivity index (χ0v) is 13.8. The van der Waals surface area contributed by atoms with Gasteiger partial charge in [0.2, 0.25) is 0 Å². The van der Waals surface area contributed by atoms with E-state index in [1.54, 1.807) is 0 Å². The number of nitriles is 1. The number of hydrogen-bond acceptors (Lipinski definition) is 6. The molecule has 1 fully saturated rings. The van der Waals surface area contributed by atoms with E-state index in [-0.39, 0.29) is 6.04 Å². The van der Waals surface area contributed by atoms with Gasteiger partial charge in [0.05, 0.1) is 0 Å². The third-order valence-corrected chi connectivity index (χ3v) is 4.89. The average Bonchev–Trinajstić information content (AvgIpc) is 3.04. The summed E-state index contributed by atoms with van der Waals surface area (Å²) in [6, 6.07) is 10.3. The number of nitrogens with two attached hydrogens (primary N) is 1. The van der Waals surface area contributed by atoms with E-state index in [1.165, 1.54) is 6.33 Å². The van der Waals surface area contributed by atoms with Gasteiger partial charge in [-0.1, -0.05) is 30.3 Å². The molecule has 1 aliphatic rings. The molecule has 0 atom stereocenters. The number of nitrogens with zero attached hydrogens (tertiary/aromatic N) is 5. The SMILES string of the molecule is N#CNC1CCC(c2nc(-c3ccccc3)c3c(N)ncnn23)CC1. The van der Waals surface area contributed by atoms with Gasteiger partial charge in [-0.2, -0.15) is 10.4 Å². The van der Waals surface area contributed by atoms with Crippen LogP contribution in [0.5, 0.6) is 0 Å². The molecule has 4 rings (SSSR count). The number of imidazole rings is 1. The number of aromatic nitrogens is 4. The Morgan fingerprint density at radius 2 is 1.92 bits per heavy atom. The number of anilines is 1. The van der Waals surface area contributed by atoms with Crippen molar-refractivity contribution in [3.05, 3.63) is 42.5 Å². The van der Waals surface area contributed by atoms with Crippen LogP contribution in [0.2, 0.25) is 0 Å². The lowest BCUT2D eigenvalue weighted by molar-refractivity contribution is 0.358. The van der Waals surface area contributed by atoms with E-state index in [0.717, 1.165) is 48.3 Å². The molecule has 1 aromatic carbocycles. The Labute approximate surface area is 145 Å². The van der Waals surface area contributed by atoms with Crippen LogP contribution in [0.3, 0.4) is 0 Å². The molecule has 0 radical (unpaired) electrons. The number of benzene rings is 1. The predicted octanol–water partition coefficient (Wildman–Crippen LogP) is 2.47. The Kier molecular flexibility index (Phi) is 3.94. The molecule has 0 amide bonds. The smallest absolute Gasteiger partial charge is 0.176 e. The lowest BCUT2D eigenvalue weighted by Gasteiger charge is -2.26. The molecule has 0 saturated heterocycles. The topological polar surface area (TPSA) is 105 Å². The number of nitrogens with one attached hydrogen (secondary N) is 1. The summed E-state index contributed by atoms with van der Waals surface area (Å²) in [5.74, 6) is 1.67. The first-order valence-electron chi connectivity index (χ1n) is 8.47. The van der Waals surface area contributed by atoms with E-state index < -0.39 is 0 Å². The number of hydrogen-bond donors (Lipinski definition) is 2. The minimum Gasteiger partial charge on any atom is -0.382 e. The fourth-order valence-electron chi connectivity index (χ4n) is 3.63. The standard InChI is InChI=1S/C18H19N7/c19-10-21-14-8-6-13(7-9-14)18-24-15(12-4-2-1-3-5-12)16-17(20)22-11-23-25(16)18/h1-5,11,13-14,21H,6-9H2,(H2,20,22,23). The molecule has 2 aromatic heterocycles. The highest BCUT2D eigenvalue weighted by Gasteiger charge is 2.28. The molecule has 3 N–H and O–H groups in total. The van der Waals surface area contributed by atoms with E-state index in [4.69, 9.17) is 16.0 Å². The van der Waals surface area contributed by atoms with Crippen LogP contribution in [0.1, 0.15) is 37.4 Å². The highest BCUT2D eigenvalue weighted by Crippen LogP contribution is 2.36. The largest absolute Gasteiger partial charge is 0.382 e. The third kappa shape index (κ3) is 2.76. The van der Waals surface area contributed by atoms with Crippen molar-refractivity contribution in [2.75, 3.05) is 5.73 Å². The van der Waals surface area contributed by atoms with Crippen LogP contribution in [0.25, 0.3) is 16.8 Å². The van der Waals surface area contributed by atoms with Crippen molar-refractivity contribution in [3.63, 3.8) is 0 Å². The molecule has 1 saturated carbocycles. The van der Waals surface area contributed by atoms with Crippen molar-refractivity contribution in [1.82, 2.24) is 24.9 Å². The monoisotopic (exact) mass is 333 g/mol. The highest BCUT2D eigenvalue weighted by molar-refractivity contribution is 5.84.